The second-order valence-corrected chi connectivity index (χ2v) is 9.46. The van der Waals surface area contributed by atoms with Crippen LogP contribution in [0.15, 0.2) is 36.4 Å². The molecule has 0 fully saturated rings. The minimum Gasteiger partial charge on any atom is -0.475 e. The van der Waals surface area contributed by atoms with E-state index >= 15 is 0 Å². The Morgan fingerprint density at radius 1 is 1.09 bits per heavy atom. The van der Waals surface area contributed by atoms with Crippen molar-refractivity contribution >= 4 is 34.5 Å². The van der Waals surface area contributed by atoms with E-state index in [1.807, 2.05) is 0 Å². The smallest absolute Gasteiger partial charge is 0.475 e. The molecule has 4 aromatic rings. The number of carboxylic acid groups (broad SMARTS) is 1. The van der Waals surface area contributed by atoms with Crippen molar-refractivity contribution in [1.82, 2.24) is 20.2 Å². The van der Waals surface area contributed by atoms with Crippen LogP contribution in [-0.2, 0) is 30.6 Å². The average molecular weight is 629 g/mol. The zero-order valence-electron chi connectivity index (χ0n) is 22.4. The predicted octanol–water partition coefficient (Wildman–Crippen LogP) is 4.43. The lowest BCUT2D eigenvalue weighted by atomic mass is 10.1. The van der Waals surface area contributed by atoms with E-state index in [1.165, 1.54) is 6.07 Å². The van der Waals surface area contributed by atoms with Crippen molar-refractivity contribution in [2.75, 3.05) is 10.2 Å². The first kappa shape index (κ1) is 31.9. The number of alkyl halides is 6. The molecule has 0 aliphatic carbocycles. The van der Waals surface area contributed by atoms with Crippen LogP contribution < -0.4 is 16.0 Å². The lowest BCUT2D eigenvalue weighted by Crippen LogP contribution is -2.21. The Bertz CT molecular complexity index is 1720. The van der Waals surface area contributed by atoms with Gasteiger partial charge >= 0.3 is 18.3 Å². The minimum absolute atomic E-state index is 0.0927. The topological polar surface area (TPSA) is 170 Å². The van der Waals surface area contributed by atoms with E-state index < -0.39 is 53.8 Å². The highest BCUT2D eigenvalue weighted by Crippen LogP contribution is 2.35. The molecule has 1 atom stereocenters. The van der Waals surface area contributed by atoms with E-state index in [4.69, 9.17) is 15.6 Å². The molecule has 1 amide bonds. The normalized spacial score (nSPS) is 13.7. The lowest BCUT2D eigenvalue weighted by Gasteiger charge is -2.20. The number of carboxylic acids is 1. The molecule has 2 aromatic heterocycles. The number of anilines is 2. The Labute approximate surface area is 242 Å². The molecule has 6 N–H and O–H groups in total. The molecular weight excluding hydrogens is 607 g/mol. The van der Waals surface area contributed by atoms with Gasteiger partial charge in [0.05, 0.1) is 47.2 Å². The second kappa shape index (κ2) is 11.9. The van der Waals surface area contributed by atoms with Crippen LogP contribution in [0.1, 0.15) is 51.5 Å². The van der Waals surface area contributed by atoms with Gasteiger partial charge in [0.1, 0.15) is 11.6 Å². The maximum atomic E-state index is 14.4. The number of fused-ring (bicyclic) bond motifs is 2. The largest absolute Gasteiger partial charge is 0.490 e. The molecule has 2 aromatic carbocycles. The number of H-pyrrole nitrogens is 1. The van der Waals surface area contributed by atoms with E-state index in [0.717, 1.165) is 29.5 Å². The van der Waals surface area contributed by atoms with Gasteiger partial charge in [0, 0.05) is 23.1 Å². The summed E-state index contributed by atoms with van der Waals surface area (Å²) in [7, 11) is 0. The lowest BCUT2D eigenvalue weighted by molar-refractivity contribution is -0.192. The molecule has 0 unspecified atom stereocenters. The molecule has 0 saturated heterocycles. The highest BCUT2D eigenvalue weighted by atomic mass is 19.4. The van der Waals surface area contributed by atoms with Crippen LogP contribution in [0, 0.1) is 5.82 Å². The van der Waals surface area contributed by atoms with Gasteiger partial charge in [0.2, 0.25) is 5.95 Å². The van der Waals surface area contributed by atoms with Crippen LogP contribution in [0.2, 0.25) is 0 Å². The van der Waals surface area contributed by atoms with Crippen molar-refractivity contribution in [2.24, 2.45) is 5.73 Å². The summed E-state index contributed by atoms with van der Waals surface area (Å²) in [6, 6.07) is 7.36. The molecule has 0 bridgehead atoms. The number of aromatic nitrogens is 4. The zero-order chi connectivity index (χ0) is 32.6. The third-order valence-corrected chi connectivity index (χ3v) is 6.44. The number of hydrogen-bond donors (Lipinski definition) is 5. The van der Waals surface area contributed by atoms with Crippen LogP contribution >= 0.6 is 0 Å². The van der Waals surface area contributed by atoms with Crippen molar-refractivity contribution in [2.45, 2.75) is 45.0 Å². The first-order valence-electron chi connectivity index (χ1n) is 12.5. The number of aliphatic hydroxyl groups is 1. The summed E-state index contributed by atoms with van der Waals surface area (Å²) < 4.78 is 86.7. The van der Waals surface area contributed by atoms with Gasteiger partial charge in [-0.2, -0.15) is 36.4 Å². The number of hydrogen-bond acceptors (Lipinski definition) is 8. The second-order valence-electron chi connectivity index (χ2n) is 9.46. The summed E-state index contributed by atoms with van der Waals surface area (Å²) in [5.41, 5.74) is 6.16. The van der Waals surface area contributed by atoms with Crippen LogP contribution in [0.5, 0.6) is 0 Å². The number of nitrogens with two attached hydrogens (primary N) is 1. The number of amides is 1. The first-order valence-corrected chi connectivity index (χ1v) is 12.5. The number of carbonyl (C=O) groups is 2. The molecule has 1 aliphatic heterocycles. The fourth-order valence-corrected chi connectivity index (χ4v) is 4.44. The Morgan fingerprint density at radius 3 is 2.34 bits per heavy atom. The number of nitrogens with one attached hydrogen (secondary N) is 2. The van der Waals surface area contributed by atoms with Crippen molar-refractivity contribution in [3.8, 4) is 0 Å². The van der Waals surface area contributed by atoms with Crippen molar-refractivity contribution in [3.05, 3.63) is 75.9 Å². The summed E-state index contributed by atoms with van der Waals surface area (Å²) >= 11 is 0. The minimum atomic E-state index is -5.08. The average Bonchev–Trinajstić information content (AvgIpc) is 3.52. The zero-order valence-corrected chi connectivity index (χ0v) is 22.4. The molecule has 0 spiro atoms. The van der Waals surface area contributed by atoms with E-state index in [-0.39, 0.29) is 22.8 Å². The SMILES string of the molecule is C[C@H](O)c1n[nH]c2c1CN(c1nc(NCc3c(F)cccc3C(F)(F)F)c3cccc(C(N)=O)c3n1)C2.O=C(O)C(F)(F)F. The van der Waals surface area contributed by atoms with Gasteiger partial charge in [-0.05, 0) is 31.2 Å². The van der Waals surface area contributed by atoms with Gasteiger partial charge in [-0.3, -0.25) is 9.89 Å². The van der Waals surface area contributed by atoms with Crippen molar-refractivity contribution in [1.29, 1.82) is 0 Å². The molecule has 1 aliphatic rings. The Balaban J connectivity index is 0.000000566. The molecule has 0 saturated carbocycles. The number of rotatable bonds is 6. The predicted molar refractivity (Wildman–Crippen MR) is 140 cm³/mol. The van der Waals surface area contributed by atoms with Crippen molar-refractivity contribution in [3.63, 3.8) is 0 Å². The fourth-order valence-electron chi connectivity index (χ4n) is 4.44. The molecule has 3 heterocycles. The summed E-state index contributed by atoms with van der Waals surface area (Å²) in [6.07, 6.45) is -10.6. The summed E-state index contributed by atoms with van der Waals surface area (Å²) in [4.78, 5) is 31.8. The van der Waals surface area contributed by atoms with Gasteiger partial charge in [-0.1, -0.05) is 12.1 Å². The number of carbonyl (C=O) groups excluding carboxylic acids is 1. The quantitative estimate of drug-likeness (QED) is 0.194. The summed E-state index contributed by atoms with van der Waals surface area (Å²) in [5.74, 6) is -4.26. The van der Waals surface area contributed by atoms with Crippen LogP contribution in [-0.4, -0.2) is 48.4 Å². The number of benzene rings is 2. The number of para-hydroxylation sites is 1. The molecule has 234 valence electrons. The van der Waals surface area contributed by atoms with Gasteiger partial charge in [0.25, 0.3) is 5.91 Å². The number of primary amides is 1. The monoisotopic (exact) mass is 629 g/mol. The van der Waals surface area contributed by atoms with E-state index in [1.54, 1.807) is 24.0 Å². The Morgan fingerprint density at radius 2 is 1.75 bits per heavy atom. The molecule has 11 nitrogen and oxygen atoms in total. The Hall–Kier alpha value is -5.00. The Kier molecular flexibility index (Phi) is 8.67. The fraction of sp³-hybridized carbons (Fsp3) is 0.269. The van der Waals surface area contributed by atoms with E-state index in [9.17, 15) is 40.6 Å². The number of nitrogens with zero attached hydrogens (tertiary/aromatic N) is 4. The van der Waals surface area contributed by atoms with Gasteiger partial charge in [-0.25, -0.2) is 14.2 Å². The van der Waals surface area contributed by atoms with Gasteiger partial charge in [0.15, 0.2) is 0 Å². The standard InChI is InChI=1S/C24H21F4N7O2.C2HF3O2/c1-11(36)19-15-9-35(10-18(15)33-34-19)23-31-20-12(21(29)37)4-2-5-13(20)22(32-23)30-8-14-16(24(26,27)28)6-3-7-17(14)25;3-2(4,5)1(6)7/h2-7,11,36H,8-10H2,1H3,(H2,29,37)(H,33,34)(H,30,31,32);(H,6,7)/t11-;/m0./s1. The van der Waals surface area contributed by atoms with E-state index in [2.05, 4.69) is 25.5 Å². The molecule has 5 rings (SSSR count). The first-order chi connectivity index (χ1) is 20.5. The van der Waals surface area contributed by atoms with Gasteiger partial charge < -0.3 is 26.2 Å². The van der Waals surface area contributed by atoms with Crippen LogP contribution in [0.4, 0.5) is 42.5 Å². The number of aliphatic hydroxyl groups excluding tert-OH is 1. The number of aromatic amines is 1. The maximum absolute atomic E-state index is 14.4. The van der Waals surface area contributed by atoms with Gasteiger partial charge in [-0.15, -0.1) is 0 Å². The molecule has 44 heavy (non-hydrogen) atoms. The van der Waals surface area contributed by atoms with Crippen LogP contribution in [0.3, 0.4) is 0 Å². The third-order valence-electron chi connectivity index (χ3n) is 6.44. The summed E-state index contributed by atoms with van der Waals surface area (Å²) in [5, 5.41) is 27.2. The van der Waals surface area contributed by atoms with Crippen molar-refractivity contribution < 1.29 is 50.5 Å². The highest BCUT2D eigenvalue weighted by molar-refractivity contribution is 6.07. The van der Waals surface area contributed by atoms with E-state index in [0.29, 0.717) is 24.2 Å². The van der Waals surface area contributed by atoms with Crippen LogP contribution in [0.25, 0.3) is 10.9 Å². The molecule has 18 heteroatoms. The number of halogens is 7. The number of aliphatic carboxylic acids is 1. The highest BCUT2D eigenvalue weighted by Gasteiger charge is 2.38. The summed E-state index contributed by atoms with van der Waals surface area (Å²) in [6.45, 7) is 1.67. The maximum Gasteiger partial charge on any atom is 0.490 e. The molecule has 0 radical (unpaired) electrons. The third kappa shape index (κ3) is 6.64. The molecular formula is C26H22F7N7O4.